The van der Waals surface area contributed by atoms with Gasteiger partial charge in [-0.3, -0.25) is 0 Å². The van der Waals surface area contributed by atoms with Crippen molar-refractivity contribution in [2.75, 3.05) is 6.61 Å². The normalized spacial score (nSPS) is 24.0. The van der Waals surface area contributed by atoms with Crippen LogP contribution in [0.15, 0.2) is 15.9 Å². The molecule has 0 radical (unpaired) electrons. The van der Waals surface area contributed by atoms with Gasteiger partial charge in [-0.05, 0) is 46.6 Å². The Morgan fingerprint density at radius 2 is 2.47 bits per heavy atom. The summed E-state index contributed by atoms with van der Waals surface area (Å²) >= 11 is 5.29. The lowest BCUT2D eigenvalue weighted by atomic mass is 10.00. The minimum absolute atomic E-state index is 0.139. The van der Waals surface area contributed by atoms with E-state index < -0.39 is 0 Å². The van der Waals surface area contributed by atoms with Crippen LogP contribution < -0.4 is 5.73 Å². The average molecular weight is 290 g/mol. The summed E-state index contributed by atoms with van der Waals surface area (Å²) in [7, 11) is 0. The number of ether oxygens (including phenoxy) is 1. The Balaban J connectivity index is 1.91. The lowest BCUT2D eigenvalue weighted by Crippen LogP contribution is -2.40. The molecule has 1 aliphatic rings. The molecule has 2 nitrogen and oxygen atoms in total. The summed E-state index contributed by atoms with van der Waals surface area (Å²) in [4.78, 5) is 1.33. The standard InChI is InChI=1S/C11H16BrNOS/c12-8-4-6-15-11(8)7-9(13)10-3-1-2-5-14-10/h4,6,9-10H,1-3,5,7,13H2. The summed E-state index contributed by atoms with van der Waals surface area (Å²) in [5.41, 5.74) is 6.17. The predicted octanol–water partition coefficient (Wildman–Crippen LogP) is 2.95. The molecule has 0 saturated carbocycles. The topological polar surface area (TPSA) is 35.2 Å². The van der Waals surface area contributed by atoms with Gasteiger partial charge in [-0.2, -0.15) is 0 Å². The van der Waals surface area contributed by atoms with E-state index in [-0.39, 0.29) is 12.1 Å². The first-order chi connectivity index (χ1) is 7.27. The fourth-order valence-electron chi connectivity index (χ4n) is 1.92. The van der Waals surface area contributed by atoms with Crippen molar-refractivity contribution in [3.63, 3.8) is 0 Å². The molecule has 2 atom stereocenters. The third kappa shape index (κ3) is 3.03. The van der Waals surface area contributed by atoms with E-state index in [1.807, 2.05) is 0 Å². The Bertz CT molecular complexity index is 309. The quantitative estimate of drug-likeness (QED) is 0.929. The van der Waals surface area contributed by atoms with Crippen LogP contribution >= 0.6 is 27.3 Å². The van der Waals surface area contributed by atoms with Crippen molar-refractivity contribution >= 4 is 27.3 Å². The molecule has 2 rings (SSSR count). The first kappa shape index (κ1) is 11.6. The highest BCUT2D eigenvalue weighted by atomic mass is 79.9. The van der Waals surface area contributed by atoms with E-state index in [1.54, 1.807) is 11.3 Å². The van der Waals surface area contributed by atoms with Crippen molar-refractivity contribution in [1.29, 1.82) is 0 Å². The largest absolute Gasteiger partial charge is 0.377 e. The molecule has 1 aromatic heterocycles. The molecule has 2 N–H and O–H groups in total. The van der Waals surface area contributed by atoms with Crippen LogP contribution in [0.1, 0.15) is 24.1 Å². The lowest BCUT2D eigenvalue weighted by molar-refractivity contribution is 0.000751. The zero-order chi connectivity index (χ0) is 10.7. The molecule has 15 heavy (non-hydrogen) atoms. The zero-order valence-electron chi connectivity index (χ0n) is 8.62. The van der Waals surface area contributed by atoms with Gasteiger partial charge in [0.2, 0.25) is 0 Å². The fraction of sp³-hybridized carbons (Fsp3) is 0.636. The van der Waals surface area contributed by atoms with E-state index in [1.165, 1.54) is 22.2 Å². The number of halogens is 1. The zero-order valence-corrected chi connectivity index (χ0v) is 11.0. The molecule has 0 bridgehead atoms. The third-order valence-corrected chi connectivity index (χ3v) is 4.75. The van der Waals surface area contributed by atoms with E-state index in [4.69, 9.17) is 10.5 Å². The summed E-state index contributed by atoms with van der Waals surface area (Å²) in [5.74, 6) is 0. The molecule has 0 spiro atoms. The fourth-order valence-corrected chi connectivity index (χ4v) is 3.51. The molecular weight excluding hydrogens is 274 g/mol. The van der Waals surface area contributed by atoms with E-state index in [0.29, 0.717) is 0 Å². The van der Waals surface area contributed by atoms with Crippen LogP contribution in [0, 0.1) is 0 Å². The molecule has 0 aliphatic carbocycles. The van der Waals surface area contributed by atoms with Crippen molar-refractivity contribution in [2.24, 2.45) is 5.73 Å². The molecule has 1 fully saturated rings. The maximum absolute atomic E-state index is 6.17. The van der Waals surface area contributed by atoms with Gasteiger partial charge in [0.25, 0.3) is 0 Å². The van der Waals surface area contributed by atoms with Gasteiger partial charge in [-0.1, -0.05) is 0 Å². The van der Waals surface area contributed by atoms with E-state index in [0.717, 1.165) is 19.4 Å². The van der Waals surface area contributed by atoms with Crippen molar-refractivity contribution in [3.05, 3.63) is 20.8 Å². The highest BCUT2D eigenvalue weighted by molar-refractivity contribution is 9.10. The van der Waals surface area contributed by atoms with Crippen LogP contribution in [0.25, 0.3) is 0 Å². The number of hydrogen-bond donors (Lipinski definition) is 1. The van der Waals surface area contributed by atoms with E-state index in [9.17, 15) is 0 Å². The molecule has 0 aromatic carbocycles. The lowest BCUT2D eigenvalue weighted by Gasteiger charge is -2.27. The van der Waals surface area contributed by atoms with Gasteiger partial charge in [-0.25, -0.2) is 0 Å². The molecule has 84 valence electrons. The van der Waals surface area contributed by atoms with Gasteiger partial charge in [0.1, 0.15) is 0 Å². The smallest absolute Gasteiger partial charge is 0.0729 e. The molecule has 2 heterocycles. The third-order valence-electron chi connectivity index (χ3n) is 2.80. The molecule has 4 heteroatoms. The van der Waals surface area contributed by atoms with Gasteiger partial charge < -0.3 is 10.5 Å². The minimum atomic E-state index is 0.139. The molecule has 1 aliphatic heterocycles. The molecule has 0 amide bonds. The van der Waals surface area contributed by atoms with Gasteiger partial charge in [-0.15, -0.1) is 11.3 Å². The second-order valence-electron chi connectivity index (χ2n) is 3.96. The molecule has 1 saturated heterocycles. The second kappa shape index (κ2) is 5.43. The van der Waals surface area contributed by atoms with Crippen LogP contribution in [0.5, 0.6) is 0 Å². The van der Waals surface area contributed by atoms with Crippen molar-refractivity contribution in [1.82, 2.24) is 0 Å². The SMILES string of the molecule is NC(Cc1sccc1Br)C1CCCCO1. The Hall–Kier alpha value is 0.1000. The van der Waals surface area contributed by atoms with Crippen LogP contribution in [0.2, 0.25) is 0 Å². The van der Waals surface area contributed by atoms with Crippen LogP contribution in [-0.4, -0.2) is 18.8 Å². The molecular formula is C11H16BrNOS. The van der Waals surface area contributed by atoms with Gasteiger partial charge >= 0.3 is 0 Å². The minimum Gasteiger partial charge on any atom is -0.377 e. The number of hydrogen-bond acceptors (Lipinski definition) is 3. The highest BCUT2D eigenvalue weighted by Gasteiger charge is 2.22. The summed E-state index contributed by atoms with van der Waals surface area (Å²) in [6, 6.07) is 2.22. The van der Waals surface area contributed by atoms with E-state index in [2.05, 4.69) is 27.4 Å². The van der Waals surface area contributed by atoms with Gasteiger partial charge in [0, 0.05) is 28.4 Å². The van der Waals surface area contributed by atoms with Gasteiger partial charge in [0.15, 0.2) is 0 Å². The molecule has 2 unspecified atom stereocenters. The Morgan fingerprint density at radius 3 is 3.07 bits per heavy atom. The average Bonchev–Trinajstić information content (AvgIpc) is 2.66. The van der Waals surface area contributed by atoms with E-state index >= 15 is 0 Å². The summed E-state index contributed by atoms with van der Waals surface area (Å²) in [6.07, 6.45) is 4.73. The van der Waals surface area contributed by atoms with Gasteiger partial charge in [0.05, 0.1) is 6.10 Å². The first-order valence-electron chi connectivity index (χ1n) is 5.36. The Kier molecular flexibility index (Phi) is 4.20. The summed E-state index contributed by atoms with van der Waals surface area (Å²) in [6.45, 7) is 0.879. The monoisotopic (exact) mass is 289 g/mol. The maximum atomic E-state index is 6.17. The van der Waals surface area contributed by atoms with Crippen LogP contribution in [-0.2, 0) is 11.2 Å². The van der Waals surface area contributed by atoms with Crippen LogP contribution in [0.3, 0.4) is 0 Å². The maximum Gasteiger partial charge on any atom is 0.0729 e. The summed E-state index contributed by atoms with van der Waals surface area (Å²) in [5, 5.41) is 2.09. The predicted molar refractivity (Wildman–Crippen MR) is 67.3 cm³/mol. The second-order valence-corrected chi connectivity index (χ2v) is 5.82. The highest BCUT2D eigenvalue weighted by Crippen LogP contribution is 2.25. The molecule has 1 aromatic rings. The number of thiophene rings is 1. The Labute approximate surface area is 103 Å². The van der Waals surface area contributed by atoms with Crippen molar-refractivity contribution < 1.29 is 4.74 Å². The number of rotatable bonds is 3. The van der Waals surface area contributed by atoms with Crippen molar-refractivity contribution in [2.45, 2.75) is 37.8 Å². The van der Waals surface area contributed by atoms with Crippen molar-refractivity contribution in [3.8, 4) is 0 Å². The summed E-state index contributed by atoms with van der Waals surface area (Å²) < 4.78 is 6.87. The number of nitrogens with two attached hydrogens (primary N) is 1. The van der Waals surface area contributed by atoms with Crippen LogP contribution in [0.4, 0.5) is 0 Å². The first-order valence-corrected chi connectivity index (χ1v) is 7.03. The Morgan fingerprint density at radius 1 is 1.60 bits per heavy atom.